The van der Waals surface area contributed by atoms with E-state index in [-0.39, 0.29) is 11.5 Å². The summed E-state index contributed by atoms with van der Waals surface area (Å²) in [5.74, 6) is 1.66. The maximum atomic E-state index is 13.1. The van der Waals surface area contributed by atoms with Crippen LogP contribution in [-0.2, 0) is 6.54 Å². The van der Waals surface area contributed by atoms with E-state index in [9.17, 15) is 9.59 Å². The van der Waals surface area contributed by atoms with E-state index in [0.29, 0.717) is 35.7 Å². The van der Waals surface area contributed by atoms with Gasteiger partial charge in [-0.15, -0.1) is 0 Å². The average Bonchev–Trinajstić information content (AvgIpc) is 3.13. The molecule has 0 aliphatic carbocycles. The van der Waals surface area contributed by atoms with E-state index in [0.717, 1.165) is 36.2 Å². The quantitative estimate of drug-likeness (QED) is 0.456. The molecule has 7 heteroatoms. The molecule has 3 heterocycles. The molecule has 164 valence electrons. The number of ether oxygens (including phenoxy) is 1. The van der Waals surface area contributed by atoms with Gasteiger partial charge >= 0.3 is 5.63 Å². The number of aryl methyl sites for hydroxylation is 1. The molecule has 0 bridgehead atoms. The van der Waals surface area contributed by atoms with Crippen LogP contribution in [0.4, 0.5) is 0 Å². The zero-order valence-electron chi connectivity index (χ0n) is 18.2. The lowest BCUT2D eigenvalue weighted by atomic mass is 9.96. The largest absolute Gasteiger partial charge is 0.493 e. The lowest BCUT2D eigenvalue weighted by Gasteiger charge is -2.32. The molecule has 0 spiro atoms. The van der Waals surface area contributed by atoms with Crippen molar-refractivity contribution in [1.29, 1.82) is 0 Å². The van der Waals surface area contributed by atoms with Crippen molar-refractivity contribution in [2.24, 2.45) is 5.92 Å². The minimum absolute atomic E-state index is 0.0700. The summed E-state index contributed by atoms with van der Waals surface area (Å²) in [5, 5.41) is 0.671. The maximum Gasteiger partial charge on any atom is 0.349 e. The summed E-state index contributed by atoms with van der Waals surface area (Å²) in [7, 11) is 1.52. The molecule has 1 aliphatic heterocycles. The normalized spacial score (nSPS) is 14.9. The Bertz CT molecular complexity index is 1360. The van der Waals surface area contributed by atoms with E-state index in [4.69, 9.17) is 9.15 Å². The lowest BCUT2D eigenvalue weighted by molar-refractivity contribution is 0.0679. The van der Waals surface area contributed by atoms with Crippen molar-refractivity contribution in [3.05, 3.63) is 70.3 Å². The Labute approximate surface area is 185 Å². The topological polar surface area (TPSA) is 77.6 Å². The molecule has 0 saturated carbocycles. The molecule has 1 saturated heterocycles. The third kappa shape index (κ3) is 3.53. The van der Waals surface area contributed by atoms with Crippen molar-refractivity contribution in [2.75, 3.05) is 20.2 Å². The molecule has 0 radical (unpaired) electrons. The number of hydrogen-bond acceptors (Lipinski definition) is 5. The fourth-order valence-corrected chi connectivity index (χ4v) is 4.60. The number of para-hydroxylation sites is 3. The fraction of sp³-hybridized carbons (Fsp3) is 0.320. The number of aromatic nitrogens is 2. The second-order valence-electron chi connectivity index (χ2n) is 8.32. The number of imidazole rings is 1. The predicted molar refractivity (Wildman–Crippen MR) is 122 cm³/mol. The number of benzene rings is 2. The standard InChI is InChI=1S/C25H25N3O4/c1-16-26-20-7-3-4-8-21(20)28(16)15-17-10-12-27(13-11-17)24(29)19-14-18-6-5-9-22(31-2)23(18)32-25(19)30/h3-9,14,17H,10-13,15H2,1-2H3. The number of likely N-dealkylation sites (tertiary alicyclic amines) is 1. The number of fused-ring (bicyclic) bond motifs is 2. The van der Waals surface area contributed by atoms with E-state index in [1.807, 2.05) is 37.3 Å². The van der Waals surface area contributed by atoms with Crippen LogP contribution in [0.2, 0.25) is 0 Å². The molecule has 0 unspecified atom stereocenters. The summed E-state index contributed by atoms with van der Waals surface area (Å²) >= 11 is 0. The van der Waals surface area contributed by atoms with Crippen LogP contribution in [0.15, 0.2) is 57.7 Å². The van der Waals surface area contributed by atoms with Crippen LogP contribution in [0.25, 0.3) is 22.0 Å². The van der Waals surface area contributed by atoms with Gasteiger partial charge in [0.25, 0.3) is 5.91 Å². The molecule has 1 aliphatic rings. The van der Waals surface area contributed by atoms with Gasteiger partial charge in [0, 0.05) is 25.0 Å². The minimum Gasteiger partial charge on any atom is -0.493 e. The number of amides is 1. The molecule has 4 aromatic rings. The molecule has 0 N–H and O–H groups in total. The molecule has 1 amide bonds. The highest BCUT2D eigenvalue weighted by Gasteiger charge is 2.27. The molecular formula is C25H25N3O4. The van der Waals surface area contributed by atoms with Gasteiger partial charge in [0.1, 0.15) is 11.4 Å². The monoisotopic (exact) mass is 431 g/mol. The van der Waals surface area contributed by atoms with Gasteiger partial charge in [-0.2, -0.15) is 0 Å². The van der Waals surface area contributed by atoms with Crippen molar-refractivity contribution < 1.29 is 13.9 Å². The molecule has 2 aromatic heterocycles. The highest BCUT2D eigenvalue weighted by atomic mass is 16.5. The lowest BCUT2D eigenvalue weighted by Crippen LogP contribution is -2.41. The number of carbonyl (C=O) groups is 1. The van der Waals surface area contributed by atoms with Gasteiger partial charge in [-0.25, -0.2) is 9.78 Å². The molecule has 32 heavy (non-hydrogen) atoms. The first-order valence-electron chi connectivity index (χ1n) is 10.9. The Hall–Kier alpha value is -3.61. The molecule has 5 rings (SSSR count). The van der Waals surface area contributed by atoms with Crippen molar-refractivity contribution >= 4 is 27.9 Å². The van der Waals surface area contributed by atoms with E-state index >= 15 is 0 Å². The van der Waals surface area contributed by atoms with Crippen LogP contribution in [0.1, 0.15) is 29.0 Å². The summed E-state index contributed by atoms with van der Waals surface area (Å²) in [6.07, 6.45) is 1.76. The highest BCUT2D eigenvalue weighted by Crippen LogP contribution is 2.26. The molecule has 2 aromatic carbocycles. The predicted octanol–water partition coefficient (Wildman–Crippen LogP) is 4.01. The van der Waals surface area contributed by atoms with Gasteiger partial charge in [-0.3, -0.25) is 4.79 Å². The Balaban J connectivity index is 1.31. The Morgan fingerprint density at radius 3 is 2.72 bits per heavy atom. The summed E-state index contributed by atoms with van der Waals surface area (Å²) in [5.41, 5.74) is 1.96. The van der Waals surface area contributed by atoms with Crippen molar-refractivity contribution in [3.63, 3.8) is 0 Å². The van der Waals surface area contributed by atoms with Gasteiger partial charge in [0.15, 0.2) is 11.3 Å². The number of hydrogen-bond donors (Lipinski definition) is 0. The summed E-state index contributed by atoms with van der Waals surface area (Å²) in [6, 6.07) is 15.1. The maximum absolute atomic E-state index is 13.1. The molecular weight excluding hydrogens is 406 g/mol. The van der Waals surface area contributed by atoms with Gasteiger partial charge in [0.2, 0.25) is 0 Å². The number of carbonyl (C=O) groups excluding carboxylic acids is 1. The van der Waals surface area contributed by atoms with Crippen LogP contribution in [0.3, 0.4) is 0 Å². The smallest absolute Gasteiger partial charge is 0.349 e. The molecule has 0 atom stereocenters. The summed E-state index contributed by atoms with van der Waals surface area (Å²) in [6.45, 7) is 4.15. The van der Waals surface area contributed by atoms with E-state index in [1.165, 1.54) is 7.11 Å². The van der Waals surface area contributed by atoms with Crippen LogP contribution in [0, 0.1) is 12.8 Å². The van der Waals surface area contributed by atoms with Crippen molar-refractivity contribution in [1.82, 2.24) is 14.5 Å². The minimum atomic E-state index is -0.630. The number of nitrogens with zero attached hydrogens (tertiary/aromatic N) is 3. The van der Waals surface area contributed by atoms with Gasteiger partial charge < -0.3 is 18.6 Å². The molecule has 1 fully saturated rings. The number of rotatable bonds is 4. The molecule has 7 nitrogen and oxygen atoms in total. The van der Waals surface area contributed by atoms with Crippen molar-refractivity contribution in [2.45, 2.75) is 26.3 Å². The van der Waals surface area contributed by atoms with E-state index < -0.39 is 5.63 Å². The Morgan fingerprint density at radius 2 is 1.94 bits per heavy atom. The van der Waals surface area contributed by atoms with E-state index in [2.05, 4.69) is 15.6 Å². The van der Waals surface area contributed by atoms with Gasteiger partial charge in [0.05, 0.1) is 18.1 Å². The Kier molecular flexibility index (Phi) is 5.17. The van der Waals surface area contributed by atoms with Crippen LogP contribution in [-0.4, -0.2) is 40.6 Å². The average molecular weight is 431 g/mol. The Morgan fingerprint density at radius 1 is 1.16 bits per heavy atom. The van der Waals surface area contributed by atoms with Crippen LogP contribution < -0.4 is 10.4 Å². The third-order valence-corrected chi connectivity index (χ3v) is 6.36. The first-order valence-corrected chi connectivity index (χ1v) is 10.9. The van der Waals surface area contributed by atoms with Gasteiger partial charge in [-0.05, 0) is 49.9 Å². The summed E-state index contributed by atoms with van der Waals surface area (Å²) < 4.78 is 13.0. The zero-order chi connectivity index (χ0) is 22.2. The SMILES string of the molecule is COc1cccc2cc(C(=O)N3CCC(Cn4c(C)nc5ccccc54)CC3)c(=O)oc12. The number of methoxy groups -OCH3 is 1. The highest BCUT2D eigenvalue weighted by molar-refractivity contribution is 5.97. The second-order valence-corrected chi connectivity index (χ2v) is 8.32. The van der Waals surface area contributed by atoms with Crippen molar-refractivity contribution in [3.8, 4) is 5.75 Å². The fourth-order valence-electron chi connectivity index (χ4n) is 4.60. The summed E-state index contributed by atoms with van der Waals surface area (Å²) in [4.78, 5) is 32.0. The van der Waals surface area contributed by atoms with Crippen LogP contribution >= 0.6 is 0 Å². The first kappa shape index (κ1) is 20.3. The van der Waals surface area contributed by atoms with E-state index in [1.54, 1.807) is 17.0 Å². The van der Waals surface area contributed by atoms with Crippen LogP contribution in [0.5, 0.6) is 5.75 Å². The van der Waals surface area contributed by atoms with Gasteiger partial charge in [-0.1, -0.05) is 24.3 Å². The third-order valence-electron chi connectivity index (χ3n) is 6.36. The first-order chi connectivity index (χ1) is 15.5. The number of piperidine rings is 1. The zero-order valence-corrected chi connectivity index (χ0v) is 18.2. The second kappa shape index (κ2) is 8.15.